The Morgan fingerprint density at radius 2 is 2.17 bits per heavy atom. The first-order chi connectivity index (χ1) is 14.6. The van der Waals surface area contributed by atoms with Crippen LogP contribution in [-0.4, -0.2) is 43.4 Å². The van der Waals surface area contributed by atoms with Crippen LogP contribution in [0.2, 0.25) is 0 Å². The van der Waals surface area contributed by atoms with Crippen molar-refractivity contribution in [2.75, 3.05) is 18.4 Å². The molecule has 4 aromatic rings. The summed E-state index contributed by atoms with van der Waals surface area (Å²) in [5, 5.41) is 12.0. The summed E-state index contributed by atoms with van der Waals surface area (Å²) in [6.45, 7) is 3.48. The van der Waals surface area contributed by atoms with Gasteiger partial charge in [0.1, 0.15) is 5.82 Å². The van der Waals surface area contributed by atoms with E-state index in [1.807, 2.05) is 29.6 Å². The quantitative estimate of drug-likeness (QED) is 0.536. The predicted molar refractivity (Wildman–Crippen MR) is 113 cm³/mol. The summed E-state index contributed by atoms with van der Waals surface area (Å²) < 4.78 is 2.14. The van der Waals surface area contributed by atoms with Gasteiger partial charge in [0.2, 0.25) is 0 Å². The van der Waals surface area contributed by atoms with Gasteiger partial charge in [0.25, 0.3) is 0 Å². The average molecular weight is 399 g/mol. The standard InChI is InChI=1S/C22H21N7O/c1-14-6-8-28(22(30)27-16-4-2-3-15(9-16)10-23)13-18(14)21-26-12-17-11-25-20-19(29(17)21)5-7-24-20/h2-5,7,9,11-12,14,18,24H,6,8,13H2,1H3,(H,27,30)/t14-,18+/m1/s1. The second kappa shape index (κ2) is 7.19. The number of likely N-dealkylation sites (tertiary alicyclic amines) is 1. The van der Waals surface area contributed by atoms with Crippen LogP contribution in [0.4, 0.5) is 10.5 Å². The van der Waals surface area contributed by atoms with Gasteiger partial charge in [-0.1, -0.05) is 13.0 Å². The van der Waals surface area contributed by atoms with Crippen molar-refractivity contribution in [3.8, 4) is 6.07 Å². The SMILES string of the molecule is C[C@@H]1CCN(C(=O)Nc2cccc(C#N)c2)C[C@@H]1c1ncc2cnc3[nH]ccc3n12. The maximum absolute atomic E-state index is 12.9. The Bertz CT molecular complexity index is 1280. The van der Waals surface area contributed by atoms with E-state index in [1.54, 1.807) is 24.3 Å². The lowest BCUT2D eigenvalue weighted by atomic mass is 9.86. The number of fused-ring (bicyclic) bond motifs is 3. The minimum atomic E-state index is -0.156. The molecule has 30 heavy (non-hydrogen) atoms. The maximum Gasteiger partial charge on any atom is 0.321 e. The zero-order valence-corrected chi connectivity index (χ0v) is 16.5. The molecule has 4 heterocycles. The molecule has 0 unspecified atom stereocenters. The Labute approximate surface area is 173 Å². The van der Waals surface area contributed by atoms with Gasteiger partial charge in [-0.25, -0.2) is 14.8 Å². The third-order valence-corrected chi connectivity index (χ3v) is 5.91. The lowest BCUT2D eigenvalue weighted by Crippen LogP contribution is -2.44. The van der Waals surface area contributed by atoms with E-state index in [1.165, 1.54) is 0 Å². The molecule has 1 fully saturated rings. The topological polar surface area (TPSA) is 102 Å². The van der Waals surface area contributed by atoms with Gasteiger partial charge in [-0.2, -0.15) is 5.26 Å². The fraction of sp³-hybridized carbons (Fsp3) is 0.273. The van der Waals surface area contributed by atoms with E-state index in [9.17, 15) is 4.79 Å². The number of benzene rings is 1. The van der Waals surface area contributed by atoms with E-state index in [4.69, 9.17) is 10.2 Å². The summed E-state index contributed by atoms with van der Waals surface area (Å²) in [6.07, 6.45) is 6.43. The van der Waals surface area contributed by atoms with Crippen molar-refractivity contribution < 1.29 is 4.79 Å². The van der Waals surface area contributed by atoms with Crippen molar-refractivity contribution in [3.63, 3.8) is 0 Å². The third kappa shape index (κ3) is 3.05. The highest BCUT2D eigenvalue weighted by Gasteiger charge is 2.33. The van der Waals surface area contributed by atoms with Crippen molar-refractivity contribution in [2.24, 2.45) is 5.92 Å². The molecule has 0 saturated carbocycles. The molecule has 1 saturated heterocycles. The lowest BCUT2D eigenvalue weighted by Gasteiger charge is -2.36. The van der Waals surface area contributed by atoms with Gasteiger partial charge in [-0.3, -0.25) is 4.40 Å². The molecule has 0 bridgehead atoms. The highest BCUT2D eigenvalue weighted by Crippen LogP contribution is 2.33. The molecule has 2 amide bonds. The van der Waals surface area contributed by atoms with E-state index in [2.05, 4.69) is 32.7 Å². The number of nitrogens with one attached hydrogen (secondary N) is 2. The van der Waals surface area contributed by atoms with Crippen molar-refractivity contribution in [2.45, 2.75) is 19.3 Å². The first kappa shape index (κ1) is 18.2. The van der Waals surface area contributed by atoms with Crippen LogP contribution in [0.3, 0.4) is 0 Å². The molecule has 0 aliphatic carbocycles. The summed E-state index contributed by atoms with van der Waals surface area (Å²) in [7, 11) is 0. The fourth-order valence-electron chi connectivity index (χ4n) is 4.22. The van der Waals surface area contributed by atoms with E-state index < -0.39 is 0 Å². The van der Waals surface area contributed by atoms with Gasteiger partial charge >= 0.3 is 6.03 Å². The van der Waals surface area contributed by atoms with Crippen LogP contribution in [0, 0.1) is 17.2 Å². The largest absolute Gasteiger partial charge is 0.345 e. The number of aromatic amines is 1. The molecular weight excluding hydrogens is 378 g/mol. The summed E-state index contributed by atoms with van der Waals surface area (Å²) in [6, 6.07) is 10.9. The fourth-order valence-corrected chi connectivity index (χ4v) is 4.22. The minimum Gasteiger partial charge on any atom is -0.345 e. The first-order valence-corrected chi connectivity index (χ1v) is 9.99. The second-order valence-electron chi connectivity index (χ2n) is 7.79. The minimum absolute atomic E-state index is 0.109. The molecule has 2 N–H and O–H groups in total. The number of urea groups is 1. The van der Waals surface area contributed by atoms with Gasteiger partial charge < -0.3 is 15.2 Å². The average Bonchev–Trinajstić information content (AvgIpc) is 3.40. The normalized spacial score (nSPS) is 19.1. The third-order valence-electron chi connectivity index (χ3n) is 5.91. The number of nitrogens with zero attached hydrogens (tertiary/aromatic N) is 5. The first-order valence-electron chi connectivity index (χ1n) is 9.99. The Kier molecular flexibility index (Phi) is 4.36. The van der Waals surface area contributed by atoms with Crippen molar-refractivity contribution in [3.05, 3.63) is 60.3 Å². The molecule has 2 atom stereocenters. The van der Waals surface area contributed by atoms with Crippen LogP contribution in [0.15, 0.2) is 48.9 Å². The zero-order valence-electron chi connectivity index (χ0n) is 16.5. The highest BCUT2D eigenvalue weighted by atomic mass is 16.2. The van der Waals surface area contributed by atoms with Gasteiger partial charge in [0.05, 0.1) is 35.1 Å². The molecule has 8 nitrogen and oxygen atoms in total. The Morgan fingerprint density at radius 3 is 3.03 bits per heavy atom. The molecule has 1 aromatic carbocycles. The molecule has 3 aromatic heterocycles. The molecule has 1 aliphatic rings. The summed E-state index contributed by atoms with van der Waals surface area (Å²) >= 11 is 0. The number of piperidine rings is 1. The number of amides is 2. The van der Waals surface area contributed by atoms with E-state index in [-0.39, 0.29) is 11.9 Å². The van der Waals surface area contributed by atoms with E-state index >= 15 is 0 Å². The highest BCUT2D eigenvalue weighted by molar-refractivity contribution is 5.89. The van der Waals surface area contributed by atoms with Crippen LogP contribution in [0.5, 0.6) is 0 Å². The zero-order chi connectivity index (χ0) is 20.7. The van der Waals surface area contributed by atoms with Crippen LogP contribution >= 0.6 is 0 Å². The number of aromatic nitrogens is 4. The Hall–Kier alpha value is -3.86. The summed E-state index contributed by atoms with van der Waals surface area (Å²) in [4.78, 5) is 27.0. The Morgan fingerprint density at radius 1 is 1.30 bits per heavy atom. The number of imidazole rings is 1. The monoisotopic (exact) mass is 399 g/mol. The number of nitriles is 1. The van der Waals surface area contributed by atoms with Gasteiger partial charge in [-0.15, -0.1) is 0 Å². The van der Waals surface area contributed by atoms with E-state index in [0.29, 0.717) is 30.3 Å². The van der Waals surface area contributed by atoms with E-state index in [0.717, 1.165) is 28.9 Å². The van der Waals surface area contributed by atoms with Crippen LogP contribution in [0.25, 0.3) is 16.7 Å². The maximum atomic E-state index is 12.9. The number of carbonyl (C=O) groups is 1. The van der Waals surface area contributed by atoms with Crippen LogP contribution in [0.1, 0.15) is 30.7 Å². The number of hydrogen-bond donors (Lipinski definition) is 2. The molecule has 0 spiro atoms. The van der Waals surface area contributed by atoms with Crippen molar-refractivity contribution >= 4 is 28.4 Å². The Balaban J connectivity index is 1.43. The summed E-state index contributed by atoms with van der Waals surface area (Å²) in [5.74, 6) is 1.45. The predicted octanol–water partition coefficient (Wildman–Crippen LogP) is 3.74. The lowest BCUT2D eigenvalue weighted by molar-refractivity contribution is 0.170. The van der Waals surface area contributed by atoms with Crippen molar-refractivity contribution in [1.29, 1.82) is 5.26 Å². The molecule has 8 heteroatoms. The van der Waals surface area contributed by atoms with Crippen molar-refractivity contribution in [1.82, 2.24) is 24.3 Å². The molecule has 150 valence electrons. The smallest absolute Gasteiger partial charge is 0.321 e. The molecule has 0 radical (unpaired) electrons. The van der Waals surface area contributed by atoms with Crippen LogP contribution < -0.4 is 5.32 Å². The number of H-pyrrole nitrogens is 1. The van der Waals surface area contributed by atoms with Gasteiger partial charge in [0.15, 0.2) is 5.65 Å². The van der Waals surface area contributed by atoms with Crippen LogP contribution in [-0.2, 0) is 0 Å². The number of anilines is 1. The van der Waals surface area contributed by atoms with Gasteiger partial charge in [-0.05, 0) is 36.6 Å². The van der Waals surface area contributed by atoms with Gasteiger partial charge in [0, 0.05) is 30.9 Å². The molecular formula is C22H21N7O. The number of hydrogen-bond acceptors (Lipinski definition) is 4. The number of carbonyl (C=O) groups excluding carboxylic acids is 1. The molecule has 5 rings (SSSR count). The summed E-state index contributed by atoms with van der Waals surface area (Å²) in [5.41, 5.74) is 3.89. The number of rotatable bonds is 2. The second-order valence-corrected chi connectivity index (χ2v) is 7.79. The molecule has 1 aliphatic heterocycles.